The summed E-state index contributed by atoms with van der Waals surface area (Å²) in [6, 6.07) is 0. The molecule has 0 heterocycles. The fourth-order valence-corrected chi connectivity index (χ4v) is 6.32. The Labute approximate surface area is 90.6 Å². The summed E-state index contributed by atoms with van der Waals surface area (Å²) in [4.78, 5) is 0. The summed E-state index contributed by atoms with van der Waals surface area (Å²) in [5.74, 6) is 0. The molecule has 0 aromatic carbocycles. The average Bonchev–Trinajstić information content (AvgIpc) is 2.04. The first-order chi connectivity index (χ1) is 4.36. The first-order valence-electron chi connectivity index (χ1n) is 4.61. The van der Waals surface area contributed by atoms with Crippen molar-refractivity contribution in [2.45, 2.75) is 50.8 Å². The maximum atomic E-state index is 2.58. The van der Waals surface area contributed by atoms with Gasteiger partial charge in [-0.05, 0) is 0 Å². The molecule has 0 spiro atoms. The van der Waals surface area contributed by atoms with E-state index in [0.29, 0.717) is 0 Å². The molecule has 1 rings (SSSR count). The molecule has 0 aromatic rings. The third-order valence-electron chi connectivity index (χ3n) is 2.99. The van der Waals surface area contributed by atoms with E-state index in [9.17, 15) is 0 Å². The summed E-state index contributed by atoms with van der Waals surface area (Å²) >= 11 is -1.82. The molecule has 0 saturated heterocycles. The van der Waals surface area contributed by atoms with E-state index < -0.39 is 15.3 Å². The van der Waals surface area contributed by atoms with Gasteiger partial charge in [-0.2, -0.15) is 0 Å². The molecular weight excluding hydrogens is 227 g/mol. The van der Waals surface area contributed by atoms with Crippen molar-refractivity contribution in [3.05, 3.63) is 0 Å². The molecule has 0 aliphatic heterocycles. The van der Waals surface area contributed by atoms with Crippen LogP contribution in [-0.2, 0) is 15.3 Å². The van der Waals surface area contributed by atoms with Crippen LogP contribution >= 0.6 is 24.8 Å². The molecule has 1 aliphatic carbocycles. The van der Waals surface area contributed by atoms with Crippen LogP contribution in [0.25, 0.3) is 0 Å². The Bertz CT molecular complexity index is 122. The van der Waals surface area contributed by atoms with Gasteiger partial charge >= 0.3 is 66.1 Å². The summed E-state index contributed by atoms with van der Waals surface area (Å²) in [7, 11) is 0. The van der Waals surface area contributed by atoms with E-state index in [1.54, 1.807) is 0 Å². The molecule has 3 heteroatoms. The van der Waals surface area contributed by atoms with Gasteiger partial charge in [0.05, 0.1) is 0 Å². The van der Waals surface area contributed by atoms with Crippen LogP contribution in [0.1, 0.15) is 25.7 Å². The average molecular weight is 250 g/mol. The van der Waals surface area contributed by atoms with Crippen LogP contribution in [0.15, 0.2) is 0 Å². The second-order valence-electron chi connectivity index (χ2n) is 6.14. The van der Waals surface area contributed by atoms with Crippen molar-refractivity contribution in [2.24, 2.45) is 0 Å². The van der Waals surface area contributed by atoms with Crippen molar-refractivity contribution < 1.29 is 15.3 Å². The predicted octanol–water partition coefficient (Wildman–Crippen LogP) is 5.07. The first kappa shape index (κ1) is 15.8. The third kappa shape index (κ3) is 4.51. The van der Waals surface area contributed by atoms with Crippen LogP contribution in [0.3, 0.4) is 0 Å². The maximum absolute atomic E-state index is 2.58. The van der Waals surface area contributed by atoms with Crippen LogP contribution in [0.5, 0.6) is 0 Å². The molecule has 0 nitrogen and oxygen atoms in total. The van der Waals surface area contributed by atoms with Crippen LogP contribution < -0.4 is 0 Å². The Morgan fingerprint density at radius 3 is 1.33 bits per heavy atom. The monoisotopic (exact) mass is 249 g/mol. The van der Waals surface area contributed by atoms with Crippen LogP contribution in [0.2, 0.25) is 25.1 Å². The van der Waals surface area contributed by atoms with Gasteiger partial charge in [-0.1, -0.05) is 0 Å². The number of rotatable bonds is 1. The van der Waals surface area contributed by atoms with Crippen LogP contribution in [0.4, 0.5) is 0 Å². The quantitative estimate of drug-likeness (QED) is 0.569. The minimum atomic E-state index is -1.82. The molecule has 0 aromatic heterocycles. The standard InChI is InChI=1S/C5H9.4CH3.2ClH.Ti/c1-2-4-5-3-1;;;;;;;/h1H,2-5H2;4*1H3;2*1H;. The van der Waals surface area contributed by atoms with E-state index in [-0.39, 0.29) is 24.8 Å². The second kappa shape index (κ2) is 4.69. The summed E-state index contributed by atoms with van der Waals surface area (Å²) in [6.45, 7) is 0. The molecular formula is C9H23Cl2Ti. The van der Waals surface area contributed by atoms with Gasteiger partial charge < -0.3 is 0 Å². The Balaban J connectivity index is 0. The fourth-order valence-electron chi connectivity index (χ4n) is 2.08. The van der Waals surface area contributed by atoms with E-state index in [0.717, 1.165) is 4.22 Å². The zero-order valence-corrected chi connectivity index (χ0v) is 11.9. The van der Waals surface area contributed by atoms with Gasteiger partial charge in [0.15, 0.2) is 0 Å². The number of hydrogen-bond donors (Lipinski definition) is 0. The Morgan fingerprint density at radius 1 is 0.833 bits per heavy atom. The van der Waals surface area contributed by atoms with Crippen LogP contribution in [0, 0.1) is 0 Å². The van der Waals surface area contributed by atoms with E-state index in [1.165, 1.54) is 25.7 Å². The molecule has 0 bridgehead atoms. The molecule has 77 valence electrons. The van der Waals surface area contributed by atoms with Crippen molar-refractivity contribution in [1.82, 2.24) is 0 Å². The van der Waals surface area contributed by atoms with Crippen molar-refractivity contribution in [3.8, 4) is 0 Å². The topological polar surface area (TPSA) is 0 Å². The summed E-state index contributed by atoms with van der Waals surface area (Å²) in [5, 5.41) is 10.3. The Kier molecular flexibility index (Phi) is 6.15. The molecule has 0 radical (unpaired) electrons. The van der Waals surface area contributed by atoms with Gasteiger partial charge in [0.2, 0.25) is 0 Å². The second-order valence-corrected chi connectivity index (χ2v) is 20.4. The molecule has 12 heavy (non-hydrogen) atoms. The SMILES string of the molecule is Cl.Cl.[CH3][Ti]([CH3])([CH3])([CH3])[CH]1CCCC1. The van der Waals surface area contributed by atoms with E-state index in [4.69, 9.17) is 0 Å². The zero-order valence-electron chi connectivity index (χ0n) is 8.72. The molecule has 1 fully saturated rings. The number of halogens is 2. The van der Waals surface area contributed by atoms with Crippen molar-refractivity contribution >= 4 is 24.8 Å². The first-order valence-corrected chi connectivity index (χ1v) is 11.8. The predicted molar refractivity (Wildman–Crippen MR) is 60.2 cm³/mol. The molecule has 0 unspecified atom stereocenters. The zero-order chi connectivity index (χ0) is 7.85. The van der Waals surface area contributed by atoms with Crippen LogP contribution in [-0.4, -0.2) is 0 Å². The summed E-state index contributed by atoms with van der Waals surface area (Å²) in [6.07, 6.45) is 6.09. The van der Waals surface area contributed by atoms with Gasteiger partial charge in [0.25, 0.3) is 0 Å². The minimum absolute atomic E-state index is 0. The molecule has 1 aliphatic rings. The summed E-state index contributed by atoms with van der Waals surface area (Å²) in [5.41, 5.74) is 0. The number of hydrogen-bond acceptors (Lipinski definition) is 0. The van der Waals surface area contributed by atoms with Gasteiger partial charge in [0, 0.05) is 0 Å². The normalized spacial score (nSPS) is 21.8. The molecule has 0 N–H and O–H groups in total. The van der Waals surface area contributed by atoms with Gasteiger partial charge in [0.1, 0.15) is 0 Å². The Hall–Kier alpha value is 1.29. The molecule has 0 atom stereocenters. The third-order valence-corrected chi connectivity index (χ3v) is 8.99. The van der Waals surface area contributed by atoms with Gasteiger partial charge in [-0.3, -0.25) is 0 Å². The van der Waals surface area contributed by atoms with E-state index >= 15 is 0 Å². The molecule has 0 amide bonds. The van der Waals surface area contributed by atoms with Crippen molar-refractivity contribution in [2.75, 3.05) is 0 Å². The van der Waals surface area contributed by atoms with Gasteiger partial charge in [-0.25, -0.2) is 0 Å². The Morgan fingerprint density at radius 2 is 1.17 bits per heavy atom. The summed E-state index contributed by atoms with van der Waals surface area (Å²) < 4.78 is 1.15. The molecule has 1 saturated carbocycles. The van der Waals surface area contributed by atoms with Crippen molar-refractivity contribution in [3.63, 3.8) is 0 Å². The van der Waals surface area contributed by atoms with Gasteiger partial charge in [-0.15, -0.1) is 24.8 Å². The van der Waals surface area contributed by atoms with E-state index in [2.05, 4.69) is 20.9 Å². The van der Waals surface area contributed by atoms with E-state index in [1.807, 2.05) is 0 Å². The van der Waals surface area contributed by atoms with Crippen molar-refractivity contribution in [1.29, 1.82) is 0 Å². The fraction of sp³-hybridized carbons (Fsp3) is 1.00.